The van der Waals surface area contributed by atoms with E-state index in [2.05, 4.69) is 28.2 Å². The van der Waals surface area contributed by atoms with Gasteiger partial charge in [0.05, 0.1) is 11.1 Å². The van der Waals surface area contributed by atoms with E-state index < -0.39 is 0 Å². The van der Waals surface area contributed by atoms with Gasteiger partial charge in [0.15, 0.2) is 0 Å². The summed E-state index contributed by atoms with van der Waals surface area (Å²) in [5.41, 5.74) is -0.148. The van der Waals surface area contributed by atoms with E-state index in [0.29, 0.717) is 11.2 Å². The van der Waals surface area contributed by atoms with Gasteiger partial charge in [0.25, 0.3) is 5.91 Å². The van der Waals surface area contributed by atoms with Crippen LogP contribution in [0.3, 0.4) is 0 Å². The van der Waals surface area contributed by atoms with Crippen molar-refractivity contribution in [2.75, 3.05) is 5.33 Å². The van der Waals surface area contributed by atoms with E-state index >= 15 is 0 Å². The molecule has 1 saturated carbocycles. The van der Waals surface area contributed by atoms with E-state index in [0.717, 1.165) is 25.7 Å². The Balaban J connectivity index is 2.15. The van der Waals surface area contributed by atoms with Crippen LogP contribution in [0.25, 0.3) is 0 Å². The quantitative estimate of drug-likeness (QED) is 0.584. The summed E-state index contributed by atoms with van der Waals surface area (Å²) < 4.78 is 0. The van der Waals surface area contributed by atoms with Crippen molar-refractivity contribution in [1.82, 2.24) is 5.32 Å². The summed E-state index contributed by atoms with van der Waals surface area (Å²) in [4.78, 5) is 12.3. The minimum Gasteiger partial charge on any atom is -0.508 e. The second kappa shape index (κ2) is 6.04. The number of amides is 1. The molecule has 1 aromatic carbocycles. The number of carbonyl (C=O) groups excluding carboxylic acids is 1. The number of benzene rings is 1. The second-order valence-corrected chi connectivity index (χ2v) is 6.31. The lowest BCUT2D eigenvalue weighted by molar-refractivity contribution is 0.0871. The van der Waals surface area contributed by atoms with Crippen LogP contribution in [0.15, 0.2) is 18.2 Å². The first kappa shape index (κ1) is 15.2. The number of phenols is 2. The summed E-state index contributed by atoms with van der Waals surface area (Å²) in [6.45, 7) is 2.22. The van der Waals surface area contributed by atoms with Crippen molar-refractivity contribution in [1.29, 1.82) is 0 Å². The van der Waals surface area contributed by atoms with Crippen LogP contribution < -0.4 is 5.32 Å². The van der Waals surface area contributed by atoms with Crippen molar-refractivity contribution in [3.63, 3.8) is 0 Å². The summed E-state index contributed by atoms with van der Waals surface area (Å²) in [5.74, 6) is 0.202. The van der Waals surface area contributed by atoms with Crippen molar-refractivity contribution >= 4 is 21.8 Å². The highest BCUT2D eigenvalue weighted by Gasteiger charge is 2.35. The van der Waals surface area contributed by atoms with Crippen LogP contribution >= 0.6 is 15.9 Å². The number of phenolic OH excluding ortho intramolecular Hbond substituents is 2. The fraction of sp³-hybridized carbons (Fsp3) is 0.533. The molecule has 0 heterocycles. The number of nitrogens with one attached hydrogen (secondary N) is 1. The van der Waals surface area contributed by atoms with Crippen LogP contribution in [0.2, 0.25) is 0 Å². The fourth-order valence-corrected chi connectivity index (χ4v) is 3.32. The lowest BCUT2D eigenvalue weighted by Crippen LogP contribution is -2.52. The van der Waals surface area contributed by atoms with Crippen molar-refractivity contribution in [3.05, 3.63) is 23.8 Å². The minimum atomic E-state index is -0.340. The Hall–Kier alpha value is -1.23. The predicted octanol–water partition coefficient (Wildman–Crippen LogP) is 3.17. The van der Waals surface area contributed by atoms with Gasteiger partial charge >= 0.3 is 0 Å². The zero-order valence-corrected chi connectivity index (χ0v) is 13.1. The smallest absolute Gasteiger partial charge is 0.255 e. The average Bonchev–Trinajstić information content (AvgIpc) is 2.44. The standard InChI is InChI=1S/C15H20BrNO3/c1-10-4-6-15(9-16,7-5-10)17-14(20)12-8-11(18)2-3-13(12)19/h2-3,8,10,18-19H,4-7,9H2,1H3,(H,17,20). The van der Waals surface area contributed by atoms with Gasteiger partial charge in [-0.05, 0) is 49.8 Å². The Labute approximate surface area is 127 Å². The number of carbonyl (C=O) groups is 1. The molecule has 0 aliphatic heterocycles. The van der Waals surface area contributed by atoms with Crippen molar-refractivity contribution in [3.8, 4) is 11.5 Å². The zero-order chi connectivity index (χ0) is 14.8. The Morgan fingerprint density at radius 3 is 2.65 bits per heavy atom. The lowest BCUT2D eigenvalue weighted by Gasteiger charge is -2.39. The molecule has 1 fully saturated rings. The number of halogens is 1. The molecule has 0 unspecified atom stereocenters. The molecule has 0 spiro atoms. The summed E-state index contributed by atoms with van der Waals surface area (Å²) in [7, 11) is 0. The SMILES string of the molecule is CC1CCC(CBr)(NC(=O)c2cc(O)ccc2O)CC1. The normalized spacial score (nSPS) is 26.2. The first-order valence-electron chi connectivity index (χ1n) is 6.86. The number of hydrogen-bond donors (Lipinski definition) is 3. The van der Waals surface area contributed by atoms with E-state index in [1.54, 1.807) is 0 Å². The predicted molar refractivity (Wildman–Crippen MR) is 81.4 cm³/mol. The fourth-order valence-electron chi connectivity index (χ4n) is 2.62. The van der Waals surface area contributed by atoms with Crippen molar-refractivity contribution in [2.24, 2.45) is 5.92 Å². The molecule has 0 aromatic heterocycles. The molecular weight excluding hydrogens is 322 g/mol. The van der Waals surface area contributed by atoms with Gasteiger partial charge in [-0.1, -0.05) is 22.9 Å². The highest BCUT2D eigenvalue weighted by atomic mass is 79.9. The van der Waals surface area contributed by atoms with Crippen LogP contribution in [0.4, 0.5) is 0 Å². The molecule has 1 aliphatic carbocycles. The van der Waals surface area contributed by atoms with Crippen LogP contribution in [0.1, 0.15) is 43.0 Å². The second-order valence-electron chi connectivity index (χ2n) is 5.75. The molecular formula is C15H20BrNO3. The van der Waals surface area contributed by atoms with Gasteiger partial charge < -0.3 is 15.5 Å². The molecule has 0 radical (unpaired) electrons. The Morgan fingerprint density at radius 1 is 1.40 bits per heavy atom. The van der Waals surface area contributed by atoms with Gasteiger partial charge in [-0.15, -0.1) is 0 Å². The molecule has 2 rings (SSSR count). The van der Waals surface area contributed by atoms with Crippen LogP contribution in [0, 0.1) is 5.92 Å². The topological polar surface area (TPSA) is 69.6 Å². The van der Waals surface area contributed by atoms with E-state index in [9.17, 15) is 15.0 Å². The third kappa shape index (κ3) is 3.26. The molecule has 0 atom stereocenters. The molecule has 20 heavy (non-hydrogen) atoms. The van der Waals surface area contributed by atoms with E-state index in [-0.39, 0.29) is 28.5 Å². The molecule has 0 bridgehead atoms. The van der Waals surface area contributed by atoms with E-state index in [1.165, 1.54) is 18.2 Å². The maximum Gasteiger partial charge on any atom is 0.255 e. The third-order valence-electron chi connectivity index (χ3n) is 4.09. The molecule has 1 amide bonds. The number of alkyl halides is 1. The van der Waals surface area contributed by atoms with Crippen LogP contribution in [-0.2, 0) is 0 Å². The van der Waals surface area contributed by atoms with Crippen molar-refractivity contribution < 1.29 is 15.0 Å². The average molecular weight is 342 g/mol. The Bertz CT molecular complexity index is 496. The Morgan fingerprint density at radius 2 is 2.05 bits per heavy atom. The summed E-state index contributed by atoms with van der Waals surface area (Å²) >= 11 is 3.50. The molecule has 4 nitrogen and oxygen atoms in total. The van der Waals surface area contributed by atoms with E-state index in [4.69, 9.17) is 0 Å². The summed E-state index contributed by atoms with van der Waals surface area (Å²) in [6, 6.07) is 3.97. The van der Waals surface area contributed by atoms with Gasteiger partial charge in [0, 0.05) is 5.33 Å². The van der Waals surface area contributed by atoms with E-state index in [1.807, 2.05) is 0 Å². The maximum absolute atomic E-state index is 12.3. The third-order valence-corrected chi connectivity index (χ3v) is 5.16. The van der Waals surface area contributed by atoms with Gasteiger partial charge in [-0.2, -0.15) is 0 Å². The van der Waals surface area contributed by atoms with Gasteiger partial charge in [0.2, 0.25) is 0 Å². The highest BCUT2D eigenvalue weighted by molar-refractivity contribution is 9.09. The molecule has 5 heteroatoms. The number of rotatable bonds is 3. The number of hydrogen-bond acceptors (Lipinski definition) is 3. The molecule has 0 saturated heterocycles. The minimum absolute atomic E-state index is 0.0295. The summed E-state index contributed by atoms with van der Waals surface area (Å²) in [5, 5.41) is 22.9. The largest absolute Gasteiger partial charge is 0.508 e. The monoisotopic (exact) mass is 341 g/mol. The molecule has 1 aliphatic rings. The van der Waals surface area contributed by atoms with Gasteiger partial charge in [0.1, 0.15) is 11.5 Å². The van der Waals surface area contributed by atoms with Crippen LogP contribution in [-0.4, -0.2) is 27.0 Å². The summed E-state index contributed by atoms with van der Waals surface area (Å²) in [6.07, 6.45) is 4.01. The zero-order valence-electron chi connectivity index (χ0n) is 11.5. The van der Waals surface area contributed by atoms with Crippen LogP contribution in [0.5, 0.6) is 11.5 Å². The first-order valence-corrected chi connectivity index (χ1v) is 7.98. The number of aromatic hydroxyl groups is 2. The first-order chi connectivity index (χ1) is 9.46. The highest BCUT2D eigenvalue weighted by Crippen LogP contribution is 2.34. The Kier molecular flexibility index (Phi) is 4.58. The molecule has 1 aromatic rings. The maximum atomic E-state index is 12.3. The lowest BCUT2D eigenvalue weighted by atomic mass is 9.78. The van der Waals surface area contributed by atoms with Crippen molar-refractivity contribution in [2.45, 2.75) is 38.1 Å². The molecule has 3 N–H and O–H groups in total. The van der Waals surface area contributed by atoms with Gasteiger partial charge in [-0.25, -0.2) is 0 Å². The molecule has 110 valence electrons. The van der Waals surface area contributed by atoms with Gasteiger partial charge in [-0.3, -0.25) is 4.79 Å².